The number of ketones is 1. The fourth-order valence-electron chi connectivity index (χ4n) is 3.21. The number of benzene rings is 2. The van der Waals surface area contributed by atoms with Gasteiger partial charge in [-0.05, 0) is 29.8 Å². The lowest BCUT2D eigenvalue weighted by Crippen LogP contribution is -2.37. The van der Waals surface area contributed by atoms with Crippen molar-refractivity contribution >= 4 is 35.0 Å². The molecule has 6 nitrogen and oxygen atoms in total. The van der Waals surface area contributed by atoms with Crippen LogP contribution in [0.15, 0.2) is 60.2 Å². The maximum absolute atomic E-state index is 12.8. The number of rotatable bonds is 5. The minimum absolute atomic E-state index is 0.0151. The molecule has 2 amide bonds. The number of likely N-dealkylation sites (tertiary alicyclic amines) is 1. The van der Waals surface area contributed by atoms with Crippen LogP contribution >= 0.6 is 11.6 Å². The van der Waals surface area contributed by atoms with Crippen molar-refractivity contribution in [1.29, 1.82) is 0 Å². The molecule has 0 saturated carbocycles. The quantitative estimate of drug-likeness (QED) is 0.460. The molecule has 0 bridgehead atoms. The molecule has 0 spiro atoms. The summed E-state index contributed by atoms with van der Waals surface area (Å²) in [6.45, 7) is 1.72. The van der Waals surface area contributed by atoms with Crippen molar-refractivity contribution in [2.45, 2.75) is 13.0 Å². The Labute approximate surface area is 167 Å². The van der Waals surface area contributed by atoms with E-state index in [4.69, 9.17) is 11.6 Å². The number of aliphatic hydroxyl groups excluding tert-OH is 1. The standard InChI is InChI=1S/C21H19ClN2O4/c1-13(25)23-11-12-24-18(14-5-3-2-4-6-14)17(20(27)21(24)28)19(26)15-7-9-16(22)10-8-15/h2-10,18,26H,11-12H2,1H3,(H,23,25)/b19-17-. The molecule has 0 aliphatic carbocycles. The Kier molecular flexibility index (Phi) is 5.80. The molecular weight excluding hydrogens is 380 g/mol. The SMILES string of the molecule is CC(=O)NCCN1C(=O)C(=O)/C(=C(\O)c2ccc(Cl)cc2)C1c1ccccc1. The molecule has 3 rings (SSSR count). The predicted molar refractivity (Wildman–Crippen MR) is 106 cm³/mol. The van der Waals surface area contributed by atoms with Crippen molar-refractivity contribution in [3.05, 3.63) is 76.3 Å². The van der Waals surface area contributed by atoms with Gasteiger partial charge in [-0.1, -0.05) is 41.9 Å². The van der Waals surface area contributed by atoms with E-state index < -0.39 is 17.7 Å². The van der Waals surface area contributed by atoms with Gasteiger partial charge in [0.25, 0.3) is 11.7 Å². The lowest BCUT2D eigenvalue weighted by molar-refractivity contribution is -0.139. The number of nitrogens with one attached hydrogen (secondary N) is 1. The average Bonchev–Trinajstić information content (AvgIpc) is 2.93. The highest BCUT2D eigenvalue weighted by atomic mass is 35.5. The van der Waals surface area contributed by atoms with Gasteiger partial charge in [0, 0.05) is 30.6 Å². The normalized spacial score (nSPS) is 18.4. The number of amides is 2. The largest absolute Gasteiger partial charge is 0.507 e. The molecule has 1 saturated heterocycles. The van der Waals surface area contributed by atoms with E-state index in [0.717, 1.165) is 0 Å². The molecule has 1 aliphatic heterocycles. The van der Waals surface area contributed by atoms with Crippen LogP contribution in [0.5, 0.6) is 0 Å². The topological polar surface area (TPSA) is 86.7 Å². The van der Waals surface area contributed by atoms with Crippen LogP contribution < -0.4 is 5.32 Å². The zero-order valence-corrected chi connectivity index (χ0v) is 15.9. The van der Waals surface area contributed by atoms with E-state index in [9.17, 15) is 19.5 Å². The molecule has 7 heteroatoms. The summed E-state index contributed by atoms with van der Waals surface area (Å²) in [5.41, 5.74) is 1.10. The number of carbonyl (C=O) groups is 3. The highest BCUT2D eigenvalue weighted by Gasteiger charge is 2.45. The van der Waals surface area contributed by atoms with Crippen LogP contribution in [-0.2, 0) is 14.4 Å². The van der Waals surface area contributed by atoms with Gasteiger partial charge in [-0.15, -0.1) is 0 Å². The third-order valence-corrected chi connectivity index (χ3v) is 4.75. The molecule has 28 heavy (non-hydrogen) atoms. The number of halogens is 1. The number of Topliss-reactive ketones (excluding diaryl/α,β-unsaturated/α-hetero) is 1. The summed E-state index contributed by atoms with van der Waals surface area (Å²) in [5.74, 6) is -1.96. The number of hydrogen-bond acceptors (Lipinski definition) is 4. The molecule has 1 unspecified atom stereocenters. The summed E-state index contributed by atoms with van der Waals surface area (Å²) in [4.78, 5) is 37.9. The second-order valence-corrected chi connectivity index (χ2v) is 6.83. The first-order valence-corrected chi connectivity index (χ1v) is 9.11. The first-order valence-electron chi connectivity index (χ1n) is 8.74. The molecule has 0 radical (unpaired) electrons. The first kappa shape index (κ1) is 19.6. The second-order valence-electron chi connectivity index (χ2n) is 6.39. The van der Waals surface area contributed by atoms with Crippen LogP contribution in [0, 0.1) is 0 Å². The fourth-order valence-corrected chi connectivity index (χ4v) is 3.33. The van der Waals surface area contributed by atoms with Crippen molar-refractivity contribution < 1.29 is 19.5 Å². The van der Waals surface area contributed by atoms with E-state index in [1.54, 1.807) is 48.5 Å². The molecule has 1 atom stereocenters. The highest BCUT2D eigenvalue weighted by molar-refractivity contribution is 6.46. The van der Waals surface area contributed by atoms with E-state index >= 15 is 0 Å². The number of carbonyl (C=O) groups excluding carboxylic acids is 3. The van der Waals surface area contributed by atoms with Crippen molar-refractivity contribution in [1.82, 2.24) is 10.2 Å². The summed E-state index contributed by atoms with van der Waals surface area (Å²) < 4.78 is 0. The van der Waals surface area contributed by atoms with Crippen LogP contribution in [0.1, 0.15) is 24.1 Å². The van der Waals surface area contributed by atoms with Gasteiger partial charge in [-0.2, -0.15) is 0 Å². The maximum Gasteiger partial charge on any atom is 0.295 e. The molecule has 144 valence electrons. The number of nitrogens with zero attached hydrogens (tertiary/aromatic N) is 1. The van der Waals surface area contributed by atoms with E-state index in [0.29, 0.717) is 16.1 Å². The molecule has 1 heterocycles. The van der Waals surface area contributed by atoms with Gasteiger partial charge in [0.2, 0.25) is 5.91 Å². The minimum atomic E-state index is -0.760. The third-order valence-electron chi connectivity index (χ3n) is 4.50. The van der Waals surface area contributed by atoms with Crippen molar-refractivity contribution in [3.8, 4) is 0 Å². The predicted octanol–water partition coefficient (Wildman–Crippen LogP) is 2.90. The molecule has 2 aromatic carbocycles. The zero-order valence-electron chi connectivity index (χ0n) is 15.2. The summed E-state index contributed by atoms with van der Waals surface area (Å²) in [7, 11) is 0. The monoisotopic (exact) mass is 398 g/mol. The molecule has 2 N–H and O–H groups in total. The fraction of sp³-hybridized carbons (Fsp3) is 0.190. The minimum Gasteiger partial charge on any atom is -0.507 e. The zero-order chi connectivity index (χ0) is 20.3. The van der Waals surface area contributed by atoms with Gasteiger partial charge >= 0.3 is 0 Å². The Hall–Kier alpha value is -3.12. The van der Waals surface area contributed by atoms with Gasteiger partial charge in [0.05, 0.1) is 11.6 Å². The van der Waals surface area contributed by atoms with E-state index in [1.807, 2.05) is 6.07 Å². The Morgan fingerprint density at radius 2 is 1.75 bits per heavy atom. The molecule has 2 aromatic rings. The van der Waals surface area contributed by atoms with Crippen molar-refractivity contribution in [3.63, 3.8) is 0 Å². The van der Waals surface area contributed by atoms with Crippen LogP contribution in [0.3, 0.4) is 0 Å². The Morgan fingerprint density at radius 3 is 2.36 bits per heavy atom. The number of aliphatic hydroxyl groups is 1. The van der Waals surface area contributed by atoms with Gasteiger partial charge in [0.1, 0.15) is 5.76 Å². The van der Waals surface area contributed by atoms with Crippen LogP contribution in [0.2, 0.25) is 5.02 Å². The summed E-state index contributed by atoms with van der Waals surface area (Å²) >= 11 is 5.90. The maximum atomic E-state index is 12.8. The average molecular weight is 399 g/mol. The molecule has 0 aromatic heterocycles. The Balaban J connectivity index is 2.07. The first-order chi connectivity index (χ1) is 13.4. The summed E-state index contributed by atoms with van der Waals surface area (Å²) in [5, 5.41) is 13.9. The van der Waals surface area contributed by atoms with Gasteiger partial charge in [-0.25, -0.2) is 0 Å². The van der Waals surface area contributed by atoms with Gasteiger partial charge < -0.3 is 15.3 Å². The second kappa shape index (κ2) is 8.27. The van der Waals surface area contributed by atoms with Crippen LogP contribution in [0.4, 0.5) is 0 Å². The Morgan fingerprint density at radius 1 is 1.11 bits per heavy atom. The molecule has 1 fully saturated rings. The van der Waals surface area contributed by atoms with Crippen molar-refractivity contribution in [2.75, 3.05) is 13.1 Å². The summed E-state index contributed by atoms with van der Waals surface area (Å²) in [6, 6.07) is 14.6. The van der Waals surface area contributed by atoms with E-state index in [-0.39, 0.29) is 30.3 Å². The Bertz CT molecular complexity index is 939. The number of hydrogen-bond donors (Lipinski definition) is 2. The lowest BCUT2D eigenvalue weighted by Gasteiger charge is -2.25. The summed E-state index contributed by atoms with van der Waals surface area (Å²) in [6.07, 6.45) is 0. The molecule has 1 aliphatic rings. The van der Waals surface area contributed by atoms with Gasteiger partial charge in [-0.3, -0.25) is 14.4 Å². The van der Waals surface area contributed by atoms with Crippen molar-refractivity contribution in [2.24, 2.45) is 0 Å². The lowest BCUT2D eigenvalue weighted by atomic mass is 9.95. The third kappa shape index (κ3) is 3.92. The van der Waals surface area contributed by atoms with Crippen LogP contribution in [0.25, 0.3) is 5.76 Å². The highest BCUT2D eigenvalue weighted by Crippen LogP contribution is 2.39. The van der Waals surface area contributed by atoms with E-state index in [2.05, 4.69) is 5.32 Å². The smallest absolute Gasteiger partial charge is 0.295 e. The van der Waals surface area contributed by atoms with Crippen LogP contribution in [-0.4, -0.2) is 40.7 Å². The van der Waals surface area contributed by atoms with E-state index in [1.165, 1.54) is 11.8 Å². The van der Waals surface area contributed by atoms with Gasteiger partial charge in [0.15, 0.2) is 0 Å². The molecular formula is C21H19ClN2O4.